The molecule has 7 aliphatic rings. The first-order valence-corrected chi connectivity index (χ1v) is 12.5. The highest BCUT2D eigenvalue weighted by molar-refractivity contribution is 5.98. The third-order valence-corrected chi connectivity index (χ3v) is 11.5. The van der Waals surface area contributed by atoms with Gasteiger partial charge in [0.05, 0.1) is 12.0 Å². The molecule has 1 saturated heterocycles. The monoisotopic (exact) mass is 470 g/mol. The Kier molecular flexibility index (Phi) is 3.91. The number of cyclic esters (lactones) is 2. The molecule has 4 bridgehead atoms. The summed E-state index contributed by atoms with van der Waals surface area (Å²) in [6.07, 6.45) is 5.61. The summed E-state index contributed by atoms with van der Waals surface area (Å²) in [4.78, 5) is 52.2. The maximum atomic E-state index is 14.3. The standard InChI is InChI=1S/C27H34O7/c1-14(28)33-19-18-20(30)32-13-27(18)25(6)11-16-23(4)9-8-17(29)34-22(2,3)15(23)7-10-26(16,27)12-24(19,5)21(25)31/h8-9,15-16,18-19H,7,10-13H2,1-6H3/t15-,16-,18+,19+,23-,24-,25-,26-,27+/m0/s1. The van der Waals surface area contributed by atoms with Crippen molar-refractivity contribution in [1.82, 2.24) is 0 Å². The Bertz CT molecular complexity index is 1090. The first-order valence-electron chi connectivity index (χ1n) is 12.5. The maximum absolute atomic E-state index is 14.3. The largest absolute Gasteiger partial charge is 0.465 e. The quantitative estimate of drug-likeness (QED) is 0.428. The van der Waals surface area contributed by atoms with Gasteiger partial charge in [0.2, 0.25) is 0 Å². The lowest BCUT2D eigenvalue weighted by molar-refractivity contribution is -0.255. The maximum Gasteiger partial charge on any atom is 0.330 e. The second-order valence-corrected chi connectivity index (χ2v) is 13.1. The third kappa shape index (κ3) is 2.05. The topological polar surface area (TPSA) is 96.0 Å². The lowest BCUT2D eigenvalue weighted by Crippen LogP contribution is -2.76. The van der Waals surface area contributed by atoms with E-state index in [0.717, 1.165) is 12.8 Å². The van der Waals surface area contributed by atoms with Crippen molar-refractivity contribution in [2.45, 2.75) is 78.9 Å². The molecule has 184 valence electrons. The molecule has 2 aliphatic heterocycles. The van der Waals surface area contributed by atoms with Gasteiger partial charge in [-0.05, 0) is 63.2 Å². The van der Waals surface area contributed by atoms with Crippen LogP contribution >= 0.6 is 0 Å². The molecule has 2 spiro atoms. The van der Waals surface area contributed by atoms with Gasteiger partial charge in [0.15, 0.2) is 0 Å². The number of allylic oxidation sites excluding steroid dienone is 1. The van der Waals surface area contributed by atoms with E-state index in [2.05, 4.69) is 6.92 Å². The van der Waals surface area contributed by atoms with Gasteiger partial charge in [-0.15, -0.1) is 0 Å². The Morgan fingerprint density at radius 1 is 1.09 bits per heavy atom. The lowest BCUT2D eigenvalue weighted by atomic mass is 9.31. The molecule has 5 aliphatic carbocycles. The van der Waals surface area contributed by atoms with E-state index in [1.807, 2.05) is 33.8 Å². The molecule has 34 heavy (non-hydrogen) atoms. The van der Waals surface area contributed by atoms with E-state index in [9.17, 15) is 19.2 Å². The summed E-state index contributed by atoms with van der Waals surface area (Å²) < 4.78 is 17.4. The molecule has 0 aromatic heterocycles. The number of ether oxygens (including phenoxy) is 3. The molecular weight excluding hydrogens is 436 g/mol. The molecular formula is C27H34O7. The second kappa shape index (κ2) is 5.96. The molecule has 9 atom stereocenters. The van der Waals surface area contributed by atoms with Crippen LogP contribution in [-0.2, 0) is 33.4 Å². The molecule has 5 saturated carbocycles. The van der Waals surface area contributed by atoms with Gasteiger partial charge in [-0.1, -0.05) is 19.9 Å². The zero-order chi connectivity index (χ0) is 24.7. The van der Waals surface area contributed by atoms with E-state index in [4.69, 9.17) is 14.2 Å². The highest BCUT2D eigenvalue weighted by Gasteiger charge is 2.90. The highest BCUT2D eigenvalue weighted by atomic mass is 16.6. The van der Waals surface area contributed by atoms with Crippen molar-refractivity contribution >= 4 is 23.7 Å². The van der Waals surface area contributed by atoms with Crippen LogP contribution in [0.25, 0.3) is 0 Å². The fourth-order valence-electron chi connectivity index (χ4n) is 10.7. The molecule has 0 N–H and O–H groups in total. The summed E-state index contributed by atoms with van der Waals surface area (Å²) in [6, 6.07) is 0. The van der Waals surface area contributed by atoms with Gasteiger partial charge in [-0.2, -0.15) is 0 Å². The highest BCUT2D eigenvalue weighted by Crippen LogP contribution is 2.87. The molecule has 7 rings (SSSR count). The fraction of sp³-hybridized carbons (Fsp3) is 0.778. The Morgan fingerprint density at radius 2 is 1.79 bits per heavy atom. The van der Waals surface area contributed by atoms with Gasteiger partial charge in [-0.3, -0.25) is 14.4 Å². The first kappa shape index (κ1) is 22.3. The average Bonchev–Trinajstić information content (AvgIpc) is 3.14. The number of fused-ring (bicyclic) bond motifs is 2. The SMILES string of the molecule is CC(=O)O[C@@H]1[C@@H]2C(=O)OC[C@@]23[C@]24CC[C@H]5C(C)(C)OC(=O)C=C[C@]5(C)[C@@H]2C[C@@]3(C)C(=O)[C@@]1(C)C4. The number of hydrogen-bond acceptors (Lipinski definition) is 7. The molecule has 7 nitrogen and oxygen atoms in total. The van der Waals surface area contributed by atoms with Gasteiger partial charge >= 0.3 is 17.9 Å². The number of ketones is 1. The molecule has 2 heterocycles. The van der Waals surface area contributed by atoms with Gasteiger partial charge in [0.25, 0.3) is 0 Å². The number of carbonyl (C=O) groups excluding carboxylic acids is 4. The number of esters is 3. The minimum absolute atomic E-state index is 0.0647. The molecule has 0 amide bonds. The molecule has 0 aromatic rings. The molecule has 7 heteroatoms. The summed E-state index contributed by atoms with van der Waals surface area (Å²) in [5.74, 6) is -1.58. The Balaban J connectivity index is 1.60. The van der Waals surface area contributed by atoms with Crippen LogP contribution in [0.5, 0.6) is 0 Å². The van der Waals surface area contributed by atoms with Crippen LogP contribution < -0.4 is 0 Å². The summed E-state index contributed by atoms with van der Waals surface area (Å²) in [5, 5.41) is 0. The number of hydrogen-bond donors (Lipinski definition) is 0. The van der Waals surface area contributed by atoms with Crippen molar-refractivity contribution in [2.24, 2.45) is 44.8 Å². The van der Waals surface area contributed by atoms with Crippen LogP contribution in [0.1, 0.15) is 67.2 Å². The van der Waals surface area contributed by atoms with E-state index < -0.39 is 45.3 Å². The minimum Gasteiger partial charge on any atom is -0.465 e. The van der Waals surface area contributed by atoms with Crippen LogP contribution in [0, 0.1) is 44.8 Å². The zero-order valence-electron chi connectivity index (χ0n) is 20.9. The molecule has 6 fully saturated rings. The Labute approximate surface area is 199 Å². The normalized spacial score (nSPS) is 53.9. The van der Waals surface area contributed by atoms with E-state index in [1.165, 1.54) is 6.92 Å². The van der Waals surface area contributed by atoms with E-state index >= 15 is 0 Å². The van der Waals surface area contributed by atoms with Crippen molar-refractivity contribution in [3.05, 3.63) is 12.2 Å². The summed E-state index contributed by atoms with van der Waals surface area (Å²) in [5.41, 5.74) is -3.83. The van der Waals surface area contributed by atoms with Gasteiger partial charge in [0, 0.05) is 29.7 Å². The van der Waals surface area contributed by atoms with Crippen LogP contribution in [0.15, 0.2) is 12.2 Å². The smallest absolute Gasteiger partial charge is 0.330 e. The van der Waals surface area contributed by atoms with Crippen molar-refractivity contribution in [3.8, 4) is 0 Å². The van der Waals surface area contributed by atoms with E-state index in [0.29, 0.717) is 12.8 Å². The van der Waals surface area contributed by atoms with Crippen molar-refractivity contribution < 1.29 is 33.4 Å². The third-order valence-electron chi connectivity index (χ3n) is 11.5. The van der Waals surface area contributed by atoms with Crippen LogP contribution in [0.3, 0.4) is 0 Å². The number of Topliss-reactive ketones (excluding diaryl/α,β-unsaturated/α-hetero) is 1. The molecule has 0 unspecified atom stereocenters. The fourth-order valence-corrected chi connectivity index (χ4v) is 10.7. The van der Waals surface area contributed by atoms with Crippen molar-refractivity contribution in [3.63, 3.8) is 0 Å². The summed E-state index contributed by atoms with van der Waals surface area (Å²) in [6.45, 7) is 11.6. The van der Waals surface area contributed by atoms with Crippen LogP contribution in [0.4, 0.5) is 0 Å². The number of carbonyl (C=O) groups is 4. The zero-order valence-corrected chi connectivity index (χ0v) is 20.9. The van der Waals surface area contributed by atoms with Gasteiger partial charge in [0.1, 0.15) is 23.4 Å². The summed E-state index contributed by atoms with van der Waals surface area (Å²) >= 11 is 0. The van der Waals surface area contributed by atoms with Crippen molar-refractivity contribution in [1.29, 1.82) is 0 Å². The molecule has 0 radical (unpaired) electrons. The van der Waals surface area contributed by atoms with E-state index in [1.54, 1.807) is 6.08 Å². The van der Waals surface area contributed by atoms with Crippen LogP contribution in [-0.4, -0.2) is 42.0 Å². The van der Waals surface area contributed by atoms with Crippen molar-refractivity contribution in [2.75, 3.05) is 6.61 Å². The Hall–Kier alpha value is -2.18. The average molecular weight is 471 g/mol. The molecule has 0 aromatic carbocycles. The van der Waals surface area contributed by atoms with E-state index in [-0.39, 0.29) is 41.6 Å². The Morgan fingerprint density at radius 3 is 2.47 bits per heavy atom. The first-order chi connectivity index (χ1) is 15.7. The summed E-state index contributed by atoms with van der Waals surface area (Å²) in [7, 11) is 0. The van der Waals surface area contributed by atoms with Gasteiger partial charge < -0.3 is 14.2 Å². The number of rotatable bonds is 1. The lowest BCUT2D eigenvalue weighted by Gasteiger charge is -2.70. The predicted octanol–water partition coefficient (Wildman–Crippen LogP) is 3.39. The van der Waals surface area contributed by atoms with Crippen LogP contribution in [0.2, 0.25) is 0 Å². The predicted molar refractivity (Wildman–Crippen MR) is 119 cm³/mol. The minimum atomic E-state index is -0.954. The second-order valence-electron chi connectivity index (χ2n) is 13.1. The van der Waals surface area contributed by atoms with Gasteiger partial charge in [-0.25, -0.2) is 4.79 Å².